The summed E-state index contributed by atoms with van der Waals surface area (Å²) in [7, 11) is 1.69. The monoisotopic (exact) mass is 424 g/mol. The maximum atomic E-state index is 14.4. The van der Waals surface area contributed by atoms with Crippen molar-refractivity contribution in [1.29, 1.82) is 0 Å². The molecule has 31 heavy (non-hydrogen) atoms. The van der Waals surface area contributed by atoms with Gasteiger partial charge in [-0.05, 0) is 47.5 Å². The van der Waals surface area contributed by atoms with Gasteiger partial charge in [-0.2, -0.15) is 5.10 Å². The first-order chi connectivity index (χ1) is 14.9. The van der Waals surface area contributed by atoms with Crippen LogP contribution in [-0.2, 0) is 6.54 Å². The van der Waals surface area contributed by atoms with Crippen LogP contribution in [0.3, 0.4) is 0 Å². The lowest BCUT2D eigenvalue weighted by Gasteiger charge is -2.30. The summed E-state index contributed by atoms with van der Waals surface area (Å²) in [5, 5.41) is 14.0. The largest absolute Gasteiger partial charge is 0.508 e. The highest BCUT2D eigenvalue weighted by atomic mass is 19.1. The Morgan fingerprint density at radius 2 is 2.06 bits per heavy atom. The predicted molar refractivity (Wildman–Crippen MR) is 112 cm³/mol. The number of halogens is 2. The first kappa shape index (κ1) is 20.6. The third kappa shape index (κ3) is 4.42. The number of rotatable bonds is 5. The summed E-state index contributed by atoms with van der Waals surface area (Å²) in [5.74, 6) is -1.04. The third-order valence-electron chi connectivity index (χ3n) is 5.32. The maximum absolute atomic E-state index is 14.4. The summed E-state index contributed by atoms with van der Waals surface area (Å²) in [6.45, 7) is 1.07. The number of phenolic OH excluding ortho intramolecular Hbond substituents is 1. The van der Waals surface area contributed by atoms with Crippen LogP contribution in [-0.4, -0.2) is 50.9 Å². The van der Waals surface area contributed by atoms with Crippen LogP contribution in [0.1, 0.15) is 17.2 Å². The van der Waals surface area contributed by atoms with E-state index in [1.165, 1.54) is 6.07 Å². The van der Waals surface area contributed by atoms with Crippen molar-refractivity contribution in [1.82, 2.24) is 19.6 Å². The van der Waals surface area contributed by atoms with Crippen molar-refractivity contribution >= 4 is 11.6 Å². The Kier molecular flexibility index (Phi) is 5.70. The van der Waals surface area contributed by atoms with E-state index in [9.17, 15) is 18.7 Å². The summed E-state index contributed by atoms with van der Waals surface area (Å²) in [5.41, 5.74) is 1.32. The Balaban J connectivity index is 1.62. The number of phenols is 1. The Hall–Kier alpha value is -3.68. The third-order valence-corrected chi connectivity index (χ3v) is 5.32. The van der Waals surface area contributed by atoms with Gasteiger partial charge >= 0.3 is 6.03 Å². The molecule has 6 nitrogen and oxygen atoms in total. The van der Waals surface area contributed by atoms with Crippen LogP contribution in [0.5, 0.6) is 5.75 Å². The number of nitrogens with zero attached hydrogens (tertiary/aromatic N) is 4. The highest BCUT2D eigenvalue weighted by molar-refractivity contribution is 5.82. The molecule has 3 aromatic rings. The molecule has 0 radical (unpaired) electrons. The Labute approximate surface area is 178 Å². The second-order valence-electron chi connectivity index (χ2n) is 7.46. The van der Waals surface area contributed by atoms with E-state index in [4.69, 9.17) is 0 Å². The van der Waals surface area contributed by atoms with Crippen LogP contribution in [0.25, 0.3) is 5.57 Å². The van der Waals surface area contributed by atoms with Gasteiger partial charge in [0.2, 0.25) is 0 Å². The molecule has 2 heterocycles. The van der Waals surface area contributed by atoms with Crippen LogP contribution in [0.4, 0.5) is 13.6 Å². The van der Waals surface area contributed by atoms with Crippen molar-refractivity contribution in [3.63, 3.8) is 0 Å². The maximum Gasteiger partial charge on any atom is 0.320 e. The first-order valence-corrected chi connectivity index (χ1v) is 9.86. The lowest BCUT2D eigenvalue weighted by Crippen LogP contribution is -2.42. The molecular formula is C23H22F2N4O2. The van der Waals surface area contributed by atoms with Crippen molar-refractivity contribution in [2.45, 2.75) is 12.6 Å². The second kappa shape index (κ2) is 8.59. The van der Waals surface area contributed by atoms with Crippen molar-refractivity contribution in [3.8, 4) is 5.75 Å². The highest BCUT2D eigenvalue weighted by Crippen LogP contribution is 2.37. The molecule has 1 aromatic heterocycles. The summed E-state index contributed by atoms with van der Waals surface area (Å²) >= 11 is 0. The topological polar surface area (TPSA) is 61.6 Å². The number of hydrogen-bond acceptors (Lipinski definition) is 3. The Morgan fingerprint density at radius 1 is 1.23 bits per heavy atom. The summed E-state index contributed by atoms with van der Waals surface area (Å²) in [6.07, 6.45) is 5.23. The number of carbonyl (C=O) groups is 1. The van der Waals surface area contributed by atoms with Crippen LogP contribution < -0.4 is 0 Å². The number of benzene rings is 2. The van der Waals surface area contributed by atoms with Gasteiger partial charge in [-0.15, -0.1) is 0 Å². The molecule has 1 N–H and O–H groups in total. The number of aromatic hydroxyl groups is 1. The summed E-state index contributed by atoms with van der Waals surface area (Å²) in [6, 6.07) is 10.9. The van der Waals surface area contributed by atoms with E-state index < -0.39 is 17.7 Å². The molecule has 0 fully saturated rings. The second-order valence-corrected chi connectivity index (χ2v) is 7.46. The van der Waals surface area contributed by atoms with E-state index >= 15 is 0 Å². The van der Waals surface area contributed by atoms with Crippen LogP contribution in [0, 0.1) is 11.6 Å². The predicted octanol–water partition coefficient (Wildman–Crippen LogP) is 4.06. The summed E-state index contributed by atoms with van der Waals surface area (Å²) in [4.78, 5) is 16.4. The normalized spacial score (nSPS) is 15.8. The fourth-order valence-electron chi connectivity index (χ4n) is 3.71. The van der Waals surface area contributed by atoms with E-state index in [0.29, 0.717) is 24.2 Å². The molecule has 160 valence electrons. The van der Waals surface area contributed by atoms with E-state index in [1.54, 1.807) is 52.0 Å². The van der Waals surface area contributed by atoms with Gasteiger partial charge in [-0.3, -0.25) is 4.68 Å². The highest BCUT2D eigenvalue weighted by Gasteiger charge is 2.33. The fourth-order valence-corrected chi connectivity index (χ4v) is 3.71. The number of hydrogen-bond donors (Lipinski definition) is 1. The minimum absolute atomic E-state index is 0.0655. The zero-order chi connectivity index (χ0) is 22.0. The molecule has 2 amide bonds. The molecule has 1 atom stereocenters. The molecule has 0 aliphatic carbocycles. The fraction of sp³-hybridized carbons (Fsp3) is 0.217. The molecule has 0 spiro atoms. The van der Waals surface area contributed by atoms with Crippen LogP contribution >= 0.6 is 0 Å². The van der Waals surface area contributed by atoms with Crippen molar-refractivity contribution in [3.05, 3.63) is 89.8 Å². The molecule has 1 unspecified atom stereocenters. The molecule has 1 aliphatic heterocycles. The quantitative estimate of drug-likeness (QED) is 0.672. The lowest BCUT2D eigenvalue weighted by molar-refractivity contribution is 0.160. The van der Waals surface area contributed by atoms with Gasteiger partial charge in [0.15, 0.2) is 0 Å². The average Bonchev–Trinajstić information content (AvgIpc) is 3.43. The lowest BCUT2D eigenvalue weighted by atomic mass is 10.0. The zero-order valence-corrected chi connectivity index (χ0v) is 16.9. The Morgan fingerprint density at radius 3 is 2.81 bits per heavy atom. The number of aromatic nitrogens is 2. The Bertz CT molecular complexity index is 1110. The standard InChI is InChI=1S/C23H22F2N4O2/c1-27(10-11-28-9-3-8-26-28)23(31)29-15-17(20-14-18(24)6-7-21(20)25)13-22(29)16-4-2-5-19(30)12-16/h2-9,12-14,22,30H,10-11,15H2,1H3. The number of carbonyl (C=O) groups excluding carboxylic acids is 1. The van der Waals surface area contributed by atoms with E-state index in [1.807, 2.05) is 12.3 Å². The van der Waals surface area contributed by atoms with Gasteiger partial charge < -0.3 is 14.9 Å². The van der Waals surface area contributed by atoms with Gasteiger partial charge in [-0.25, -0.2) is 13.6 Å². The van der Waals surface area contributed by atoms with Gasteiger partial charge in [0.1, 0.15) is 17.4 Å². The van der Waals surface area contributed by atoms with E-state index in [-0.39, 0.29) is 23.9 Å². The number of amides is 2. The molecule has 0 saturated heterocycles. The molecular weight excluding hydrogens is 402 g/mol. The van der Waals surface area contributed by atoms with Gasteiger partial charge in [0, 0.05) is 38.1 Å². The smallest absolute Gasteiger partial charge is 0.320 e. The van der Waals surface area contributed by atoms with Crippen molar-refractivity contribution in [2.75, 3.05) is 20.1 Å². The molecule has 0 bridgehead atoms. The average molecular weight is 424 g/mol. The van der Waals surface area contributed by atoms with Gasteiger partial charge in [0.05, 0.1) is 12.6 Å². The molecule has 0 saturated carbocycles. The van der Waals surface area contributed by atoms with E-state index in [2.05, 4.69) is 5.10 Å². The van der Waals surface area contributed by atoms with Crippen molar-refractivity contribution in [2.24, 2.45) is 0 Å². The SMILES string of the molecule is CN(CCn1cccn1)C(=O)N1CC(c2cc(F)ccc2F)=CC1c1cccc(O)c1. The number of urea groups is 1. The first-order valence-electron chi connectivity index (χ1n) is 9.86. The van der Waals surface area contributed by atoms with Gasteiger partial charge in [-0.1, -0.05) is 18.2 Å². The molecule has 2 aromatic carbocycles. The zero-order valence-electron chi connectivity index (χ0n) is 16.9. The summed E-state index contributed by atoms with van der Waals surface area (Å²) < 4.78 is 29.9. The molecule has 8 heteroatoms. The minimum Gasteiger partial charge on any atom is -0.508 e. The molecule has 1 aliphatic rings. The minimum atomic E-state index is -0.552. The van der Waals surface area contributed by atoms with Crippen molar-refractivity contribution < 1.29 is 18.7 Å². The number of likely N-dealkylation sites (N-methyl/N-ethyl adjacent to an activating group) is 1. The van der Waals surface area contributed by atoms with E-state index in [0.717, 1.165) is 18.2 Å². The molecule has 4 rings (SSSR count). The van der Waals surface area contributed by atoms with Crippen LogP contribution in [0.2, 0.25) is 0 Å². The van der Waals surface area contributed by atoms with Crippen LogP contribution in [0.15, 0.2) is 67.0 Å². The van der Waals surface area contributed by atoms with Gasteiger partial charge in [0.25, 0.3) is 0 Å².